The summed E-state index contributed by atoms with van der Waals surface area (Å²) in [5.41, 5.74) is 6.16. The smallest absolute Gasteiger partial charge is 0.263 e. The molecule has 0 atom stereocenters. The quantitative estimate of drug-likeness (QED) is 0.571. The number of rotatable bonds is 3. The van der Waals surface area contributed by atoms with Gasteiger partial charge in [0.2, 0.25) is 0 Å². The second kappa shape index (κ2) is 5.40. The Kier molecular flexibility index (Phi) is 3.65. The van der Waals surface area contributed by atoms with Crippen LogP contribution in [0.2, 0.25) is 0 Å². The van der Waals surface area contributed by atoms with Crippen molar-refractivity contribution in [2.75, 3.05) is 5.32 Å². The van der Waals surface area contributed by atoms with Gasteiger partial charge < -0.3 is 15.6 Å². The highest BCUT2D eigenvalue weighted by atomic mass is 16.2. The van der Waals surface area contributed by atoms with Gasteiger partial charge in [-0.05, 0) is 36.4 Å². The summed E-state index contributed by atoms with van der Waals surface area (Å²) >= 11 is 0. The maximum atomic E-state index is 12.0. The number of nitrogens with two attached hydrogens (primary N) is 1. The normalized spacial score (nSPS) is 10.1. The first kappa shape index (κ1) is 13.5. The van der Waals surface area contributed by atoms with Crippen molar-refractivity contribution in [3.05, 3.63) is 64.1 Å². The molecular weight excluding hydrogens is 256 g/mol. The van der Waals surface area contributed by atoms with Crippen molar-refractivity contribution < 1.29 is 4.79 Å². The number of nitrogens with one attached hydrogen (secondary N) is 2. The molecule has 0 aliphatic heterocycles. The topological polar surface area (TPSA) is 101 Å². The second-order valence-corrected chi connectivity index (χ2v) is 4.28. The standard InChI is InChI=1S/C14H14N4O2/c1-18-8-2-3-11(14(18)20)13(19)17-10-6-4-9(5-7-10)12(15)16/h2-8H,1H3,(H3,15,16)(H,17,19). The van der Waals surface area contributed by atoms with Crippen LogP contribution in [-0.2, 0) is 7.05 Å². The molecule has 0 bridgehead atoms. The maximum absolute atomic E-state index is 12.0. The number of anilines is 1. The Labute approximate surface area is 115 Å². The molecule has 0 aliphatic carbocycles. The van der Waals surface area contributed by atoms with Crippen LogP contribution in [0.4, 0.5) is 5.69 Å². The maximum Gasteiger partial charge on any atom is 0.263 e. The van der Waals surface area contributed by atoms with Crippen molar-refractivity contribution in [3.63, 3.8) is 0 Å². The Balaban J connectivity index is 2.21. The molecule has 0 saturated heterocycles. The molecule has 0 unspecified atom stereocenters. The van der Waals surface area contributed by atoms with Crippen LogP contribution in [0.3, 0.4) is 0 Å². The predicted molar refractivity (Wildman–Crippen MR) is 77.1 cm³/mol. The molecule has 102 valence electrons. The largest absolute Gasteiger partial charge is 0.384 e. The van der Waals surface area contributed by atoms with E-state index in [1.807, 2.05) is 0 Å². The number of amidine groups is 1. The van der Waals surface area contributed by atoms with Gasteiger partial charge in [0.1, 0.15) is 11.4 Å². The minimum Gasteiger partial charge on any atom is -0.384 e. The lowest BCUT2D eigenvalue weighted by atomic mass is 10.2. The van der Waals surface area contributed by atoms with E-state index in [0.717, 1.165) is 0 Å². The van der Waals surface area contributed by atoms with E-state index in [-0.39, 0.29) is 17.0 Å². The highest BCUT2D eigenvalue weighted by Crippen LogP contribution is 2.10. The fourth-order valence-corrected chi connectivity index (χ4v) is 1.70. The van der Waals surface area contributed by atoms with E-state index in [1.54, 1.807) is 43.6 Å². The summed E-state index contributed by atoms with van der Waals surface area (Å²) in [6.45, 7) is 0. The molecule has 6 heteroatoms. The monoisotopic (exact) mass is 270 g/mol. The van der Waals surface area contributed by atoms with Crippen LogP contribution in [0.1, 0.15) is 15.9 Å². The van der Waals surface area contributed by atoms with Gasteiger partial charge in [0.05, 0.1) is 0 Å². The van der Waals surface area contributed by atoms with E-state index in [1.165, 1.54) is 10.6 Å². The van der Waals surface area contributed by atoms with Crippen molar-refractivity contribution in [1.82, 2.24) is 4.57 Å². The molecule has 1 aromatic carbocycles. The lowest BCUT2D eigenvalue weighted by Crippen LogP contribution is -2.27. The number of aromatic nitrogens is 1. The molecule has 0 saturated carbocycles. The molecule has 0 fully saturated rings. The lowest BCUT2D eigenvalue weighted by molar-refractivity contribution is 0.102. The molecule has 6 nitrogen and oxygen atoms in total. The fraction of sp³-hybridized carbons (Fsp3) is 0.0714. The third-order valence-electron chi connectivity index (χ3n) is 2.82. The Bertz CT molecular complexity index is 717. The van der Waals surface area contributed by atoms with Gasteiger partial charge in [-0.2, -0.15) is 0 Å². The molecule has 2 aromatic rings. The van der Waals surface area contributed by atoms with Crippen LogP contribution in [0, 0.1) is 5.41 Å². The number of carbonyl (C=O) groups is 1. The second-order valence-electron chi connectivity index (χ2n) is 4.28. The molecular formula is C14H14N4O2. The van der Waals surface area contributed by atoms with Gasteiger partial charge in [-0.15, -0.1) is 0 Å². The molecule has 4 N–H and O–H groups in total. The third-order valence-corrected chi connectivity index (χ3v) is 2.82. The van der Waals surface area contributed by atoms with Crippen molar-refractivity contribution in [2.24, 2.45) is 12.8 Å². The van der Waals surface area contributed by atoms with Crippen LogP contribution in [0.25, 0.3) is 0 Å². The van der Waals surface area contributed by atoms with Crippen LogP contribution in [0.5, 0.6) is 0 Å². The summed E-state index contributed by atoms with van der Waals surface area (Å²) in [6.07, 6.45) is 1.58. The van der Waals surface area contributed by atoms with E-state index < -0.39 is 5.91 Å². The molecule has 0 radical (unpaired) electrons. The van der Waals surface area contributed by atoms with E-state index in [4.69, 9.17) is 11.1 Å². The molecule has 2 rings (SSSR count). The average molecular weight is 270 g/mol. The van der Waals surface area contributed by atoms with Crippen molar-refractivity contribution in [3.8, 4) is 0 Å². The van der Waals surface area contributed by atoms with E-state index in [0.29, 0.717) is 11.3 Å². The van der Waals surface area contributed by atoms with Crippen molar-refractivity contribution in [1.29, 1.82) is 5.41 Å². The zero-order valence-corrected chi connectivity index (χ0v) is 10.9. The highest BCUT2D eigenvalue weighted by molar-refractivity contribution is 6.04. The lowest BCUT2D eigenvalue weighted by Gasteiger charge is -2.06. The summed E-state index contributed by atoms with van der Waals surface area (Å²) in [6, 6.07) is 9.61. The number of pyridine rings is 1. The van der Waals surface area contributed by atoms with Gasteiger partial charge in [-0.3, -0.25) is 15.0 Å². The summed E-state index contributed by atoms with van der Waals surface area (Å²) < 4.78 is 1.34. The van der Waals surface area contributed by atoms with Crippen LogP contribution < -0.4 is 16.6 Å². The molecule has 1 heterocycles. The van der Waals surface area contributed by atoms with Gasteiger partial charge in [0.25, 0.3) is 11.5 Å². The Morgan fingerprint density at radius 3 is 2.50 bits per heavy atom. The molecule has 1 aromatic heterocycles. The van der Waals surface area contributed by atoms with Gasteiger partial charge in [0.15, 0.2) is 0 Å². The zero-order chi connectivity index (χ0) is 14.7. The first-order chi connectivity index (χ1) is 9.49. The third kappa shape index (κ3) is 2.74. The van der Waals surface area contributed by atoms with Crippen LogP contribution >= 0.6 is 0 Å². The zero-order valence-electron chi connectivity index (χ0n) is 10.9. The van der Waals surface area contributed by atoms with Crippen LogP contribution in [0.15, 0.2) is 47.4 Å². The summed E-state index contributed by atoms with van der Waals surface area (Å²) in [5, 5.41) is 9.91. The summed E-state index contributed by atoms with van der Waals surface area (Å²) in [4.78, 5) is 23.8. The number of nitrogen functional groups attached to an aromatic ring is 1. The molecule has 20 heavy (non-hydrogen) atoms. The Hall–Kier alpha value is -2.89. The molecule has 0 spiro atoms. The molecule has 0 aliphatic rings. The highest BCUT2D eigenvalue weighted by Gasteiger charge is 2.11. The SMILES string of the molecule is Cn1cccc(C(=O)Nc2ccc(C(=N)N)cc2)c1=O. The first-order valence-electron chi connectivity index (χ1n) is 5.90. The van der Waals surface area contributed by atoms with E-state index in [2.05, 4.69) is 5.32 Å². The average Bonchev–Trinajstić information content (AvgIpc) is 2.42. The number of carbonyl (C=O) groups excluding carboxylic acids is 1. The number of nitrogens with zero attached hydrogens (tertiary/aromatic N) is 1. The number of amides is 1. The predicted octanol–water partition coefficient (Wildman–Crippen LogP) is 0.922. The van der Waals surface area contributed by atoms with Gasteiger partial charge in [-0.1, -0.05) is 0 Å². The number of hydrogen-bond acceptors (Lipinski definition) is 3. The number of aryl methyl sites for hydroxylation is 1. The molecule has 1 amide bonds. The summed E-state index contributed by atoms with van der Waals surface area (Å²) in [7, 11) is 1.58. The minimum atomic E-state index is -0.471. The Morgan fingerprint density at radius 2 is 1.90 bits per heavy atom. The summed E-state index contributed by atoms with van der Waals surface area (Å²) in [5.74, 6) is -0.512. The Morgan fingerprint density at radius 1 is 1.25 bits per heavy atom. The van der Waals surface area contributed by atoms with Crippen molar-refractivity contribution >= 4 is 17.4 Å². The van der Waals surface area contributed by atoms with Gasteiger partial charge in [-0.25, -0.2) is 0 Å². The van der Waals surface area contributed by atoms with E-state index in [9.17, 15) is 9.59 Å². The number of hydrogen-bond donors (Lipinski definition) is 3. The first-order valence-corrected chi connectivity index (χ1v) is 5.90. The number of benzene rings is 1. The minimum absolute atomic E-state index is 0.0418. The fourth-order valence-electron chi connectivity index (χ4n) is 1.70. The van der Waals surface area contributed by atoms with Gasteiger partial charge in [0, 0.05) is 24.5 Å². The van der Waals surface area contributed by atoms with E-state index >= 15 is 0 Å². The van der Waals surface area contributed by atoms with Gasteiger partial charge >= 0.3 is 0 Å². The van der Waals surface area contributed by atoms with Crippen LogP contribution in [-0.4, -0.2) is 16.3 Å². The van der Waals surface area contributed by atoms with Crippen molar-refractivity contribution in [2.45, 2.75) is 0 Å².